The number of allylic oxidation sites excluding steroid dienone is 1. The minimum atomic E-state index is -5.02. The number of alkyl halides is 3. The molecule has 1 N–H and O–H groups in total. The molecule has 1 aliphatic rings. The topological polar surface area (TPSA) is 55.4 Å². The van der Waals surface area contributed by atoms with Crippen molar-refractivity contribution in [3.05, 3.63) is 45.9 Å². The lowest BCUT2D eigenvalue weighted by Crippen LogP contribution is -2.41. The van der Waals surface area contributed by atoms with E-state index in [9.17, 15) is 27.2 Å². The molecule has 2 rings (SSSR count). The lowest BCUT2D eigenvalue weighted by atomic mass is 9.83. The zero-order valence-electron chi connectivity index (χ0n) is 12.3. The molecule has 0 aliphatic carbocycles. The van der Waals surface area contributed by atoms with Crippen molar-refractivity contribution in [1.29, 1.82) is 0 Å². The average Bonchev–Trinajstić information content (AvgIpc) is 2.45. The summed E-state index contributed by atoms with van der Waals surface area (Å²) in [5.74, 6) is -4.69. The van der Waals surface area contributed by atoms with Crippen LogP contribution in [0.25, 0.3) is 0 Å². The highest BCUT2D eigenvalue weighted by Crippen LogP contribution is 2.42. The number of nitrogens with one attached hydrogen (secondary N) is 1. The fraction of sp³-hybridized carbons (Fsp3) is 0.333. The summed E-state index contributed by atoms with van der Waals surface area (Å²) in [5, 5.41) is 1.45. The number of hydrogen-bond donors (Lipinski definition) is 1. The van der Waals surface area contributed by atoms with Crippen LogP contribution in [0.4, 0.5) is 17.6 Å². The molecule has 1 aromatic carbocycles. The van der Waals surface area contributed by atoms with Crippen molar-refractivity contribution in [2.45, 2.75) is 25.4 Å². The molecule has 0 spiro atoms. The Labute approximate surface area is 139 Å². The molecule has 1 aliphatic heterocycles. The third-order valence-corrected chi connectivity index (χ3v) is 3.73. The van der Waals surface area contributed by atoms with Crippen LogP contribution in [0.3, 0.4) is 0 Å². The van der Waals surface area contributed by atoms with Crippen LogP contribution in [0.1, 0.15) is 24.8 Å². The van der Waals surface area contributed by atoms with Crippen molar-refractivity contribution in [1.82, 2.24) is 5.32 Å². The van der Waals surface area contributed by atoms with Gasteiger partial charge in [-0.2, -0.15) is 13.2 Å². The quantitative estimate of drug-likeness (QED) is 0.659. The van der Waals surface area contributed by atoms with Crippen molar-refractivity contribution < 1.29 is 31.9 Å². The summed E-state index contributed by atoms with van der Waals surface area (Å²) in [6, 6.07) is 3.52. The number of carbonyl (C=O) groups is 2. The molecule has 4 nitrogen and oxygen atoms in total. The maximum absolute atomic E-state index is 14.1. The summed E-state index contributed by atoms with van der Waals surface area (Å²) in [6.07, 6.45) is -5.58. The van der Waals surface area contributed by atoms with Gasteiger partial charge in [0.15, 0.2) is 0 Å². The van der Waals surface area contributed by atoms with E-state index in [0.717, 1.165) is 6.07 Å². The van der Waals surface area contributed by atoms with Gasteiger partial charge in [-0.3, -0.25) is 4.79 Å². The van der Waals surface area contributed by atoms with Gasteiger partial charge in [0.05, 0.1) is 12.2 Å². The maximum Gasteiger partial charge on any atom is 0.431 e. The number of hydrogen-bond acceptors (Lipinski definition) is 3. The SMILES string of the molecule is CCOC(=O)C1=C(C(F)(F)F)NC(=O)C[C@H]1c1c(F)cccc1Cl. The van der Waals surface area contributed by atoms with E-state index in [-0.39, 0.29) is 17.2 Å². The fourth-order valence-corrected chi connectivity index (χ4v) is 2.78. The Hall–Kier alpha value is -2.09. The van der Waals surface area contributed by atoms with E-state index in [1.165, 1.54) is 19.1 Å². The number of carbonyl (C=O) groups excluding carboxylic acids is 2. The second kappa shape index (κ2) is 6.80. The molecule has 130 valence electrons. The molecule has 0 radical (unpaired) electrons. The van der Waals surface area contributed by atoms with E-state index in [1.54, 1.807) is 5.32 Å². The highest BCUT2D eigenvalue weighted by molar-refractivity contribution is 6.31. The average molecular weight is 366 g/mol. The van der Waals surface area contributed by atoms with Gasteiger partial charge in [-0.05, 0) is 19.1 Å². The Bertz CT molecular complexity index is 695. The summed E-state index contributed by atoms with van der Waals surface area (Å²) in [4.78, 5) is 23.8. The van der Waals surface area contributed by atoms with Crippen LogP contribution < -0.4 is 5.32 Å². The van der Waals surface area contributed by atoms with E-state index >= 15 is 0 Å². The predicted molar refractivity (Wildman–Crippen MR) is 76.6 cm³/mol. The minimum absolute atomic E-state index is 0.181. The van der Waals surface area contributed by atoms with Crippen LogP contribution in [-0.2, 0) is 14.3 Å². The van der Waals surface area contributed by atoms with Gasteiger partial charge >= 0.3 is 12.1 Å². The Morgan fingerprint density at radius 3 is 2.62 bits per heavy atom. The van der Waals surface area contributed by atoms with Gasteiger partial charge in [0.1, 0.15) is 11.5 Å². The lowest BCUT2D eigenvalue weighted by molar-refractivity contribution is -0.142. The summed E-state index contributed by atoms with van der Waals surface area (Å²) in [5.41, 5.74) is -2.77. The van der Waals surface area contributed by atoms with Crippen molar-refractivity contribution in [3.8, 4) is 0 Å². The molecular formula is C15H12ClF4NO3. The van der Waals surface area contributed by atoms with Gasteiger partial charge in [-0.25, -0.2) is 9.18 Å². The zero-order chi connectivity index (χ0) is 18.1. The number of ether oxygens (including phenoxy) is 1. The summed E-state index contributed by atoms with van der Waals surface area (Å²) in [7, 11) is 0. The van der Waals surface area contributed by atoms with Crippen LogP contribution in [-0.4, -0.2) is 24.7 Å². The van der Waals surface area contributed by atoms with Crippen molar-refractivity contribution in [2.75, 3.05) is 6.61 Å². The first kappa shape index (κ1) is 18.3. The third kappa shape index (κ3) is 3.53. The molecule has 1 aromatic rings. The van der Waals surface area contributed by atoms with Gasteiger partial charge in [0, 0.05) is 22.9 Å². The zero-order valence-corrected chi connectivity index (χ0v) is 13.1. The van der Waals surface area contributed by atoms with Crippen LogP contribution >= 0.6 is 11.6 Å². The first-order valence-corrected chi connectivity index (χ1v) is 7.26. The Balaban J connectivity index is 2.71. The Morgan fingerprint density at radius 1 is 1.42 bits per heavy atom. The third-order valence-electron chi connectivity index (χ3n) is 3.40. The molecule has 24 heavy (non-hydrogen) atoms. The number of benzene rings is 1. The molecular weight excluding hydrogens is 354 g/mol. The molecule has 1 atom stereocenters. The van der Waals surface area contributed by atoms with Gasteiger partial charge < -0.3 is 10.1 Å². The first-order chi connectivity index (χ1) is 11.2. The highest BCUT2D eigenvalue weighted by Gasteiger charge is 2.46. The number of rotatable bonds is 3. The predicted octanol–water partition coefficient (Wildman–Crippen LogP) is 3.46. The van der Waals surface area contributed by atoms with E-state index in [1.807, 2.05) is 0 Å². The van der Waals surface area contributed by atoms with Crippen molar-refractivity contribution in [2.24, 2.45) is 0 Å². The summed E-state index contributed by atoms with van der Waals surface area (Å²) in [6.45, 7) is 1.23. The lowest BCUT2D eigenvalue weighted by Gasteiger charge is -2.29. The molecule has 0 unspecified atom stereocenters. The molecule has 0 saturated heterocycles. The van der Waals surface area contributed by atoms with E-state index in [2.05, 4.69) is 4.74 Å². The van der Waals surface area contributed by atoms with Gasteiger partial charge in [-0.1, -0.05) is 17.7 Å². The van der Waals surface area contributed by atoms with Crippen LogP contribution in [0.2, 0.25) is 5.02 Å². The number of halogens is 5. The molecule has 1 heterocycles. The largest absolute Gasteiger partial charge is 0.463 e. The fourth-order valence-electron chi connectivity index (χ4n) is 2.49. The molecule has 0 bridgehead atoms. The second-order valence-corrected chi connectivity index (χ2v) is 5.35. The van der Waals surface area contributed by atoms with Crippen molar-refractivity contribution >= 4 is 23.5 Å². The summed E-state index contributed by atoms with van der Waals surface area (Å²) >= 11 is 5.89. The van der Waals surface area contributed by atoms with Crippen LogP contribution in [0, 0.1) is 5.82 Å². The monoisotopic (exact) mass is 365 g/mol. The maximum atomic E-state index is 14.1. The second-order valence-electron chi connectivity index (χ2n) is 4.95. The molecule has 9 heteroatoms. The van der Waals surface area contributed by atoms with Gasteiger partial charge in [0.2, 0.25) is 5.91 Å². The number of amides is 1. The van der Waals surface area contributed by atoms with E-state index in [0.29, 0.717) is 0 Å². The highest BCUT2D eigenvalue weighted by atomic mass is 35.5. The van der Waals surface area contributed by atoms with E-state index in [4.69, 9.17) is 11.6 Å². The molecule has 0 aromatic heterocycles. The van der Waals surface area contributed by atoms with E-state index < -0.39 is 47.5 Å². The smallest absolute Gasteiger partial charge is 0.431 e. The Kier molecular flexibility index (Phi) is 5.17. The molecule has 0 fully saturated rings. The molecule has 1 amide bonds. The first-order valence-electron chi connectivity index (χ1n) is 6.89. The normalized spacial score (nSPS) is 18.4. The van der Waals surface area contributed by atoms with Crippen LogP contribution in [0.5, 0.6) is 0 Å². The Morgan fingerprint density at radius 2 is 2.08 bits per heavy atom. The van der Waals surface area contributed by atoms with Crippen molar-refractivity contribution in [3.63, 3.8) is 0 Å². The molecule has 0 saturated carbocycles. The summed E-state index contributed by atoms with van der Waals surface area (Å²) < 4.78 is 58.5. The minimum Gasteiger partial charge on any atom is -0.463 e. The standard InChI is InChI=1S/C15H12ClF4NO3/c1-2-24-14(23)12-7(11-8(16)4-3-5-9(11)17)6-10(22)21-13(12)15(18,19)20/h3-5,7H,2,6H2,1H3,(H,21,22)/t7-/m0/s1. The van der Waals surface area contributed by atoms with Crippen LogP contribution in [0.15, 0.2) is 29.5 Å². The van der Waals surface area contributed by atoms with Gasteiger partial charge in [-0.15, -0.1) is 0 Å². The number of esters is 1. The van der Waals surface area contributed by atoms with Gasteiger partial charge in [0.25, 0.3) is 0 Å².